The summed E-state index contributed by atoms with van der Waals surface area (Å²) < 4.78 is 0. The molecule has 94 valence electrons. The molecule has 5 nitrogen and oxygen atoms in total. The summed E-state index contributed by atoms with van der Waals surface area (Å²) in [6.45, 7) is 8.22. The molecular formula is C11H24N4O. The number of rotatable bonds is 5. The van der Waals surface area contributed by atoms with Gasteiger partial charge in [-0.3, -0.25) is 0 Å². The van der Waals surface area contributed by atoms with Crippen LogP contribution >= 0.6 is 0 Å². The summed E-state index contributed by atoms with van der Waals surface area (Å²) in [5.41, 5.74) is 0. The van der Waals surface area contributed by atoms with Crippen LogP contribution in [-0.4, -0.2) is 31.8 Å². The molecule has 1 unspecified atom stereocenters. The van der Waals surface area contributed by atoms with E-state index < -0.39 is 0 Å². The minimum Gasteiger partial charge on any atom is -0.393 e. The van der Waals surface area contributed by atoms with Crippen molar-refractivity contribution in [2.75, 3.05) is 0 Å². The zero-order valence-corrected chi connectivity index (χ0v) is 10.8. The van der Waals surface area contributed by atoms with E-state index in [0.717, 1.165) is 19.3 Å². The molecule has 0 aliphatic rings. The number of unbranched alkanes of at least 4 members (excludes halogenated alkanes) is 1. The van der Waals surface area contributed by atoms with Crippen LogP contribution in [0.1, 0.15) is 52.3 Å². The Morgan fingerprint density at radius 2 is 2.06 bits per heavy atom. The second-order valence-electron chi connectivity index (χ2n) is 4.38. The van der Waals surface area contributed by atoms with Gasteiger partial charge >= 0.3 is 0 Å². The summed E-state index contributed by atoms with van der Waals surface area (Å²) in [5.74, 6) is 1.31. The third kappa shape index (κ3) is 9.58. The number of aromatic amines is 1. The zero-order valence-electron chi connectivity index (χ0n) is 10.8. The van der Waals surface area contributed by atoms with Gasteiger partial charge in [-0.25, -0.2) is 0 Å². The Morgan fingerprint density at radius 1 is 1.38 bits per heavy atom. The van der Waals surface area contributed by atoms with Crippen molar-refractivity contribution >= 4 is 0 Å². The van der Waals surface area contributed by atoms with E-state index in [1.165, 1.54) is 6.42 Å². The van der Waals surface area contributed by atoms with E-state index in [4.69, 9.17) is 0 Å². The average molecular weight is 228 g/mol. The molecule has 0 radical (unpaired) electrons. The molecular weight excluding hydrogens is 204 g/mol. The van der Waals surface area contributed by atoms with Crippen molar-refractivity contribution in [2.24, 2.45) is 5.92 Å². The number of aryl methyl sites for hydroxylation is 1. The first-order valence-corrected chi connectivity index (χ1v) is 5.94. The Labute approximate surface area is 97.7 Å². The zero-order chi connectivity index (χ0) is 12.4. The SMILES string of the molecule is CCCCC(O)CC(C)C.Cc1nn[nH]n1. The molecule has 1 aromatic rings. The lowest BCUT2D eigenvalue weighted by atomic mass is 10.0. The Balaban J connectivity index is 0.000000315. The van der Waals surface area contributed by atoms with Gasteiger partial charge in [0.05, 0.1) is 6.10 Å². The summed E-state index contributed by atoms with van der Waals surface area (Å²) in [6.07, 6.45) is 4.23. The van der Waals surface area contributed by atoms with Gasteiger partial charge < -0.3 is 5.11 Å². The molecule has 0 saturated carbocycles. The number of hydrogen-bond acceptors (Lipinski definition) is 4. The largest absolute Gasteiger partial charge is 0.393 e. The van der Waals surface area contributed by atoms with E-state index in [-0.39, 0.29) is 6.10 Å². The lowest BCUT2D eigenvalue weighted by molar-refractivity contribution is 0.136. The van der Waals surface area contributed by atoms with E-state index in [0.29, 0.717) is 11.7 Å². The highest BCUT2D eigenvalue weighted by molar-refractivity contribution is 4.63. The van der Waals surface area contributed by atoms with Crippen LogP contribution in [0.15, 0.2) is 0 Å². The summed E-state index contributed by atoms with van der Waals surface area (Å²) in [4.78, 5) is 0. The molecule has 1 heterocycles. The molecule has 0 aromatic carbocycles. The Hall–Kier alpha value is -0.970. The summed E-state index contributed by atoms with van der Waals surface area (Å²) in [5, 5.41) is 22.1. The van der Waals surface area contributed by atoms with E-state index >= 15 is 0 Å². The Bertz CT molecular complexity index is 236. The number of H-pyrrole nitrogens is 1. The maximum atomic E-state index is 9.35. The van der Waals surface area contributed by atoms with Gasteiger partial charge in [0.15, 0.2) is 5.82 Å². The molecule has 16 heavy (non-hydrogen) atoms. The van der Waals surface area contributed by atoms with Gasteiger partial charge in [0, 0.05) is 0 Å². The molecule has 2 N–H and O–H groups in total. The third-order valence-electron chi connectivity index (χ3n) is 2.09. The molecule has 0 amide bonds. The van der Waals surface area contributed by atoms with Gasteiger partial charge in [0.25, 0.3) is 0 Å². The molecule has 5 heteroatoms. The fraction of sp³-hybridized carbons (Fsp3) is 0.909. The number of aliphatic hydroxyl groups is 1. The molecule has 0 aliphatic heterocycles. The second-order valence-corrected chi connectivity index (χ2v) is 4.38. The van der Waals surface area contributed by atoms with Crippen LogP contribution in [-0.2, 0) is 0 Å². The molecule has 0 bridgehead atoms. The highest BCUT2D eigenvalue weighted by Crippen LogP contribution is 2.09. The van der Waals surface area contributed by atoms with Crippen LogP contribution in [0.2, 0.25) is 0 Å². The van der Waals surface area contributed by atoms with Crippen LogP contribution in [0, 0.1) is 12.8 Å². The molecule has 1 rings (SSSR count). The maximum absolute atomic E-state index is 9.35. The molecule has 0 saturated heterocycles. The Morgan fingerprint density at radius 3 is 2.38 bits per heavy atom. The number of nitrogens with zero attached hydrogens (tertiary/aromatic N) is 3. The molecule has 1 atom stereocenters. The van der Waals surface area contributed by atoms with Crippen molar-refractivity contribution in [3.05, 3.63) is 5.82 Å². The van der Waals surface area contributed by atoms with Crippen molar-refractivity contribution in [2.45, 2.75) is 59.5 Å². The highest BCUT2D eigenvalue weighted by atomic mass is 16.3. The molecule has 0 fully saturated rings. The number of hydrogen-bond donors (Lipinski definition) is 2. The predicted molar refractivity (Wildman–Crippen MR) is 63.9 cm³/mol. The quantitative estimate of drug-likeness (QED) is 0.809. The smallest absolute Gasteiger partial charge is 0.171 e. The van der Waals surface area contributed by atoms with Gasteiger partial charge in [0.1, 0.15) is 0 Å². The lowest BCUT2D eigenvalue weighted by Gasteiger charge is -2.11. The topological polar surface area (TPSA) is 74.7 Å². The first kappa shape index (κ1) is 15.0. The maximum Gasteiger partial charge on any atom is 0.171 e. The van der Waals surface area contributed by atoms with Crippen LogP contribution in [0.4, 0.5) is 0 Å². The Kier molecular flexibility index (Phi) is 8.71. The first-order valence-electron chi connectivity index (χ1n) is 5.94. The summed E-state index contributed by atoms with van der Waals surface area (Å²) in [7, 11) is 0. The predicted octanol–water partition coefficient (Wildman–Crippen LogP) is 2.09. The fourth-order valence-electron chi connectivity index (χ4n) is 1.31. The van der Waals surface area contributed by atoms with Gasteiger partial charge in [-0.1, -0.05) is 38.8 Å². The number of aromatic nitrogens is 4. The van der Waals surface area contributed by atoms with Crippen molar-refractivity contribution < 1.29 is 5.11 Å². The monoisotopic (exact) mass is 228 g/mol. The molecule has 0 spiro atoms. The number of nitrogens with one attached hydrogen (secondary N) is 1. The van der Waals surface area contributed by atoms with Crippen molar-refractivity contribution in [1.29, 1.82) is 0 Å². The molecule has 1 aromatic heterocycles. The van der Waals surface area contributed by atoms with Crippen LogP contribution in [0.5, 0.6) is 0 Å². The summed E-state index contributed by atoms with van der Waals surface area (Å²) >= 11 is 0. The van der Waals surface area contributed by atoms with E-state index in [9.17, 15) is 5.11 Å². The highest BCUT2D eigenvalue weighted by Gasteiger charge is 2.04. The number of tetrazole rings is 1. The average Bonchev–Trinajstić information content (AvgIpc) is 2.66. The van der Waals surface area contributed by atoms with Crippen LogP contribution in [0.3, 0.4) is 0 Å². The fourth-order valence-corrected chi connectivity index (χ4v) is 1.31. The van der Waals surface area contributed by atoms with Gasteiger partial charge in [-0.2, -0.15) is 5.21 Å². The molecule has 0 aliphatic carbocycles. The van der Waals surface area contributed by atoms with E-state index in [1.807, 2.05) is 0 Å². The number of aliphatic hydroxyl groups excluding tert-OH is 1. The first-order chi connectivity index (χ1) is 7.56. The standard InChI is InChI=1S/C9H20O.C2H4N4/c1-4-5-6-9(10)7-8(2)3;1-2-3-5-6-4-2/h8-10H,4-7H2,1-3H3;1H3,(H,3,4,5,6). The summed E-state index contributed by atoms with van der Waals surface area (Å²) in [6, 6.07) is 0. The van der Waals surface area contributed by atoms with Crippen molar-refractivity contribution in [1.82, 2.24) is 20.6 Å². The van der Waals surface area contributed by atoms with Crippen molar-refractivity contribution in [3.63, 3.8) is 0 Å². The van der Waals surface area contributed by atoms with Crippen LogP contribution < -0.4 is 0 Å². The second kappa shape index (κ2) is 9.27. The minimum atomic E-state index is -0.0556. The third-order valence-corrected chi connectivity index (χ3v) is 2.09. The minimum absolute atomic E-state index is 0.0556. The van der Waals surface area contributed by atoms with Gasteiger partial charge in [0.2, 0.25) is 0 Å². The normalized spacial score (nSPS) is 12.1. The van der Waals surface area contributed by atoms with E-state index in [1.54, 1.807) is 6.92 Å². The van der Waals surface area contributed by atoms with Gasteiger partial charge in [-0.15, -0.1) is 10.2 Å². The van der Waals surface area contributed by atoms with E-state index in [2.05, 4.69) is 41.4 Å². The van der Waals surface area contributed by atoms with Crippen LogP contribution in [0.25, 0.3) is 0 Å². The lowest BCUT2D eigenvalue weighted by Crippen LogP contribution is -2.09. The van der Waals surface area contributed by atoms with Crippen molar-refractivity contribution in [3.8, 4) is 0 Å². The van der Waals surface area contributed by atoms with Gasteiger partial charge in [-0.05, 0) is 25.7 Å².